The molecule has 1 aliphatic carbocycles. The molecule has 1 saturated carbocycles. The third kappa shape index (κ3) is 5.65. The highest BCUT2D eigenvalue weighted by Gasteiger charge is 2.30. The lowest BCUT2D eigenvalue weighted by molar-refractivity contribution is -0.146. The van der Waals surface area contributed by atoms with Crippen LogP contribution >= 0.6 is 0 Å². The number of methoxy groups -OCH3 is 1. The highest BCUT2D eigenvalue weighted by molar-refractivity contribution is 5.72. The second kappa shape index (κ2) is 8.19. The smallest absolute Gasteiger partial charge is 0.410 e. The molecule has 2 rings (SSSR count). The van der Waals surface area contributed by atoms with E-state index in [4.69, 9.17) is 9.47 Å². The summed E-state index contributed by atoms with van der Waals surface area (Å²) in [5, 5.41) is 0. The van der Waals surface area contributed by atoms with E-state index in [2.05, 4.69) is 4.90 Å². The standard InChI is InChI=1S/C18H32N2O4/c1-18(2,3)24-17(22)20-11-9-19(10-12-20)13-14-5-7-15(8-6-14)16(21)23-4/h14-15H,5-13H2,1-4H3. The van der Waals surface area contributed by atoms with Gasteiger partial charge in [-0.2, -0.15) is 0 Å². The number of carbonyl (C=O) groups excluding carboxylic acids is 2. The summed E-state index contributed by atoms with van der Waals surface area (Å²) in [6, 6.07) is 0. The first-order chi connectivity index (χ1) is 11.3. The Morgan fingerprint density at radius 3 is 2.08 bits per heavy atom. The fraction of sp³-hybridized carbons (Fsp3) is 0.889. The van der Waals surface area contributed by atoms with Crippen LogP contribution in [0.25, 0.3) is 0 Å². The van der Waals surface area contributed by atoms with Crippen LogP contribution in [0.5, 0.6) is 0 Å². The molecular weight excluding hydrogens is 308 g/mol. The zero-order chi connectivity index (χ0) is 17.7. The normalized spacial score (nSPS) is 26.1. The average Bonchev–Trinajstić information content (AvgIpc) is 2.54. The molecule has 1 saturated heterocycles. The van der Waals surface area contributed by atoms with Crippen molar-refractivity contribution in [1.29, 1.82) is 0 Å². The molecule has 2 fully saturated rings. The van der Waals surface area contributed by atoms with Crippen LogP contribution in [0.3, 0.4) is 0 Å². The highest BCUT2D eigenvalue weighted by Crippen LogP contribution is 2.30. The quantitative estimate of drug-likeness (QED) is 0.739. The molecule has 2 aliphatic rings. The minimum absolute atomic E-state index is 0.0561. The minimum Gasteiger partial charge on any atom is -0.469 e. The van der Waals surface area contributed by atoms with E-state index in [0.717, 1.165) is 58.4 Å². The van der Waals surface area contributed by atoms with Crippen molar-refractivity contribution in [2.24, 2.45) is 11.8 Å². The van der Waals surface area contributed by atoms with Crippen molar-refractivity contribution < 1.29 is 19.1 Å². The van der Waals surface area contributed by atoms with Crippen LogP contribution in [0, 0.1) is 11.8 Å². The molecule has 1 amide bonds. The van der Waals surface area contributed by atoms with Crippen LogP contribution in [0.2, 0.25) is 0 Å². The molecule has 0 aromatic rings. The largest absolute Gasteiger partial charge is 0.469 e. The summed E-state index contributed by atoms with van der Waals surface area (Å²) in [5.41, 5.74) is -0.438. The zero-order valence-corrected chi connectivity index (χ0v) is 15.5. The lowest BCUT2D eigenvalue weighted by atomic mass is 9.81. The lowest BCUT2D eigenvalue weighted by Gasteiger charge is -2.38. The molecule has 6 nitrogen and oxygen atoms in total. The van der Waals surface area contributed by atoms with Crippen molar-refractivity contribution in [2.75, 3.05) is 39.8 Å². The Labute approximate surface area is 145 Å². The Morgan fingerprint density at radius 1 is 1.00 bits per heavy atom. The molecular formula is C18H32N2O4. The molecule has 138 valence electrons. The summed E-state index contributed by atoms with van der Waals surface area (Å²) in [7, 11) is 1.47. The Morgan fingerprint density at radius 2 is 1.58 bits per heavy atom. The number of hydrogen-bond donors (Lipinski definition) is 0. The summed E-state index contributed by atoms with van der Waals surface area (Å²) in [5.74, 6) is 0.689. The molecule has 1 heterocycles. The first kappa shape index (κ1) is 19.0. The monoisotopic (exact) mass is 340 g/mol. The van der Waals surface area contributed by atoms with Gasteiger partial charge in [0, 0.05) is 32.7 Å². The van der Waals surface area contributed by atoms with Crippen LogP contribution in [0.4, 0.5) is 4.79 Å². The predicted molar refractivity (Wildman–Crippen MR) is 91.7 cm³/mol. The molecule has 6 heteroatoms. The van der Waals surface area contributed by atoms with Gasteiger partial charge < -0.3 is 14.4 Å². The number of hydrogen-bond acceptors (Lipinski definition) is 5. The Bertz CT molecular complexity index is 431. The highest BCUT2D eigenvalue weighted by atomic mass is 16.6. The Kier molecular flexibility index (Phi) is 6.49. The van der Waals surface area contributed by atoms with Gasteiger partial charge >= 0.3 is 12.1 Å². The van der Waals surface area contributed by atoms with E-state index >= 15 is 0 Å². The molecule has 0 aromatic carbocycles. The number of rotatable bonds is 3. The molecule has 0 unspecified atom stereocenters. The van der Waals surface area contributed by atoms with Crippen LogP contribution in [0.1, 0.15) is 46.5 Å². The number of amides is 1. The summed E-state index contributed by atoms with van der Waals surface area (Å²) >= 11 is 0. The number of piperazine rings is 1. The second-order valence-corrected chi connectivity index (χ2v) is 8.01. The van der Waals surface area contributed by atoms with Gasteiger partial charge in [-0.05, 0) is 52.4 Å². The minimum atomic E-state index is -0.438. The predicted octanol–water partition coefficient (Wildman–Crippen LogP) is 2.52. The maximum absolute atomic E-state index is 12.1. The van der Waals surface area contributed by atoms with Crippen molar-refractivity contribution in [3.8, 4) is 0 Å². The fourth-order valence-corrected chi connectivity index (χ4v) is 3.55. The van der Waals surface area contributed by atoms with Gasteiger partial charge in [0.1, 0.15) is 5.60 Å². The van der Waals surface area contributed by atoms with Gasteiger partial charge in [-0.3, -0.25) is 9.69 Å². The summed E-state index contributed by atoms with van der Waals surface area (Å²) in [4.78, 5) is 27.9. The van der Waals surface area contributed by atoms with E-state index in [-0.39, 0.29) is 18.0 Å². The van der Waals surface area contributed by atoms with E-state index in [1.807, 2.05) is 20.8 Å². The Balaban J connectivity index is 1.69. The number of ether oxygens (including phenoxy) is 2. The van der Waals surface area contributed by atoms with E-state index in [1.54, 1.807) is 4.90 Å². The first-order valence-electron chi connectivity index (χ1n) is 9.06. The van der Waals surface area contributed by atoms with Crippen molar-refractivity contribution in [3.05, 3.63) is 0 Å². The van der Waals surface area contributed by atoms with Gasteiger partial charge in [-0.1, -0.05) is 0 Å². The van der Waals surface area contributed by atoms with Crippen molar-refractivity contribution in [3.63, 3.8) is 0 Å². The topological polar surface area (TPSA) is 59.1 Å². The van der Waals surface area contributed by atoms with E-state index in [1.165, 1.54) is 7.11 Å². The number of carbonyl (C=O) groups is 2. The zero-order valence-electron chi connectivity index (χ0n) is 15.5. The maximum Gasteiger partial charge on any atom is 0.410 e. The molecule has 0 N–H and O–H groups in total. The van der Waals surface area contributed by atoms with E-state index < -0.39 is 5.60 Å². The molecule has 1 aliphatic heterocycles. The van der Waals surface area contributed by atoms with Gasteiger partial charge in [0.2, 0.25) is 0 Å². The summed E-state index contributed by atoms with van der Waals surface area (Å²) < 4.78 is 10.3. The summed E-state index contributed by atoms with van der Waals surface area (Å²) in [6.07, 6.45) is 3.85. The van der Waals surface area contributed by atoms with Crippen molar-refractivity contribution >= 4 is 12.1 Å². The van der Waals surface area contributed by atoms with Crippen LogP contribution < -0.4 is 0 Å². The fourth-order valence-electron chi connectivity index (χ4n) is 3.55. The van der Waals surface area contributed by atoms with Gasteiger partial charge in [0.25, 0.3) is 0 Å². The van der Waals surface area contributed by atoms with Crippen LogP contribution in [0.15, 0.2) is 0 Å². The molecule has 0 radical (unpaired) electrons. The van der Waals surface area contributed by atoms with Gasteiger partial charge in [0.05, 0.1) is 13.0 Å². The van der Waals surface area contributed by atoms with Gasteiger partial charge in [0.15, 0.2) is 0 Å². The molecule has 0 spiro atoms. The summed E-state index contributed by atoms with van der Waals surface area (Å²) in [6.45, 7) is 10.0. The van der Waals surface area contributed by atoms with Gasteiger partial charge in [-0.15, -0.1) is 0 Å². The number of esters is 1. The first-order valence-corrected chi connectivity index (χ1v) is 9.06. The van der Waals surface area contributed by atoms with Crippen molar-refractivity contribution in [1.82, 2.24) is 9.80 Å². The van der Waals surface area contributed by atoms with E-state index in [9.17, 15) is 9.59 Å². The second-order valence-electron chi connectivity index (χ2n) is 8.01. The average molecular weight is 340 g/mol. The van der Waals surface area contributed by atoms with Crippen molar-refractivity contribution in [2.45, 2.75) is 52.1 Å². The molecule has 0 aromatic heterocycles. The Hall–Kier alpha value is -1.30. The van der Waals surface area contributed by atoms with E-state index in [0.29, 0.717) is 5.92 Å². The third-order valence-corrected chi connectivity index (χ3v) is 4.92. The third-order valence-electron chi connectivity index (χ3n) is 4.92. The molecule has 0 bridgehead atoms. The molecule has 24 heavy (non-hydrogen) atoms. The maximum atomic E-state index is 12.1. The number of nitrogens with zero attached hydrogens (tertiary/aromatic N) is 2. The van der Waals surface area contributed by atoms with Gasteiger partial charge in [-0.25, -0.2) is 4.79 Å². The SMILES string of the molecule is COC(=O)C1CCC(CN2CCN(C(=O)OC(C)(C)C)CC2)CC1. The van der Waals surface area contributed by atoms with Crippen LogP contribution in [-0.4, -0.2) is 67.3 Å². The lowest BCUT2D eigenvalue weighted by Crippen LogP contribution is -2.51. The van der Waals surface area contributed by atoms with Crippen LogP contribution in [-0.2, 0) is 14.3 Å². The molecule has 0 atom stereocenters.